The summed E-state index contributed by atoms with van der Waals surface area (Å²) in [7, 11) is 2.14. The molecule has 0 spiro atoms. The van der Waals surface area contributed by atoms with Crippen LogP contribution in [0.25, 0.3) is 28.3 Å². The minimum Gasteiger partial charge on any atom is -0.464 e. The molecule has 0 saturated heterocycles. The lowest BCUT2D eigenvalue weighted by Crippen LogP contribution is -2.30. The number of benzene rings is 2. The topological polar surface area (TPSA) is 137 Å². The Morgan fingerprint density at radius 1 is 0.950 bits per heavy atom. The number of nitriles is 1. The molecule has 13 heteroatoms. The van der Waals surface area contributed by atoms with E-state index in [2.05, 4.69) is 15.0 Å². The van der Waals surface area contributed by atoms with Crippen LogP contribution < -0.4 is 5.56 Å². The maximum Gasteiger partial charge on any atom is 0.416 e. The van der Waals surface area contributed by atoms with Gasteiger partial charge < -0.3 is 9.47 Å². The fourth-order valence-corrected chi connectivity index (χ4v) is 3.86. The van der Waals surface area contributed by atoms with Gasteiger partial charge in [-0.15, -0.1) is 0 Å². The Bertz CT molecular complexity index is 1740. The van der Waals surface area contributed by atoms with Gasteiger partial charge >= 0.3 is 18.1 Å². The van der Waals surface area contributed by atoms with Crippen LogP contribution in [0, 0.1) is 18.3 Å². The number of methoxy groups -OCH3 is 2. The van der Waals surface area contributed by atoms with Crippen molar-refractivity contribution in [2.24, 2.45) is 0 Å². The lowest BCUT2D eigenvalue weighted by Gasteiger charge is -2.18. The normalized spacial score (nSPS) is 11.0. The molecule has 0 aliphatic carbocycles. The Kier molecular flexibility index (Phi) is 7.45. The Labute approximate surface area is 224 Å². The van der Waals surface area contributed by atoms with E-state index in [4.69, 9.17) is 14.7 Å². The van der Waals surface area contributed by atoms with E-state index in [0.29, 0.717) is 11.1 Å². The number of halogens is 3. The molecule has 0 amide bonds. The zero-order chi connectivity index (χ0) is 29.2. The van der Waals surface area contributed by atoms with Gasteiger partial charge in [-0.2, -0.15) is 18.4 Å². The summed E-state index contributed by atoms with van der Waals surface area (Å²) in [6.07, 6.45) is -3.57. The van der Waals surface area contributed by atoms with Crippen LogP contribution in [0.4, 0.5) is 13.2 Å². The number of hydrogen-bond acceptors (Lipinski definition) is 9. The van der Waals surface area contributed by atoms with E-state index in [1.54, 1.807) is 12.1 Å². The number of nitrogens with zero attached hydrogens (tertiary/aromatic N) is 5. The van der Waals surface area contributed by atoms with Gasteiger partial charge in [0.1, 0.15) is 11.4 Å². The zero-order valence-electron chi connectivity index (χ0n) is 21.1. The predicted molar refractivity (Wildman–Crippen MR) is 133 cm³/mol. The molecule has 0 fully saturated rings. The van der Waals surface area contributed by atoms with Crippen molar-refractivity contribution < 1.29 is 32.2 Å². The van der Waals surface area contributed by atoms with E-state index >= 15 is 0 Å². The van der Waals surface area contributed by atoms with Crippen molar-refractivity contribution in [3.05, 3.63) is 93.3 Å². The van der Waals surface area contributed by atoms with Gasteiger partial charge in [-0.3, -0.25) is 14.3 Å². The highest BCUT2D eigenvalue weighted by atomic mass is 19.4. The van der Waals surface area contributed by atoms with Crippen LogP contribution in [0.15, 0.2) is 59.5 Å². The molecule has 40 heavy (non-hydrogen) atoms. The number of ether oxygens (including phenoxy) is 2. The van der Waals surface area contributed by atoms with Crippen LogP contribution in [0.3, 0.4) is 0 Å². The van der Waals surface area contributed by atoms with Crippen molar-refractivity contribution in [3.8, 4) is 34.4 Å². The van der Waals surface area contributed by atoms with E-state index in [0.717, 1.165) is 43.2 Å². The van der Waals surface area contributed by atoms with Crippen molar-refractivity contribution in [1.29, 1.82) is 5.26 Å². The van der Waals surface area contributed by atoms with E-state index in [1.165, 1.54) is 25.1 Å². The molecule has 0 aliphatic heterocycles. The minimum absolute atomic E-state index is 0.0109. The lowest BCUT2D eigenvalue weighted by molar-refractivity contribution is -0.137. The van der Waals surface area contributed by atoms with Crippen LogP contribution in [0.1, 0.15) is 37.8 Å². The van der Waals surface area contributed by atoms with Gasteiger partial charge in [-0.25, -0.2) is 19.6 Å². The number of alkyl halides is 3. The molecule has 0 N–H and O–H groups in total. The second kappa shape index (κ2) is 10.8. The molecule has 0 saturated carbocycles. The average molecular weight is 549 g/mol. The number of esters is 2. The number of hydrogen-bond donors (Lipinski definition) is 0. The molecule has 10 nitrogen and oxygen atoms in total. The van der Waals surface area contributed by atoms with Gasteiger partial charge in [0.05, 0.1) is 49.0 Å². The molecular formula is C27H18F3N5O5. The van der Waals surface area contributed by atoms with Crippen molar-refractivity contribution in [3.63, 3.8) is 0 Å². The SMILES string of the molecule is COC(=O)c1cnc(-c2ccc(C#N)cc2)c(-c2nc(C(=O)OC)c(=O)n(-c3cccc(C(F)(F)F)c3)c2C)n1. The van der Waals surface area contributed by atoms with Crippen molar-refractivity contribution in [2.45, 2.75) is 13.1 Å². The molecule has 4 aromatic rings. The van der Waals surface area contributed by atoms with Crippen LogP contribution in [-0.2, 0) is 15.7 Å². The monoisotopic (exact) mass is 549 g/mol. The van der Waals surface area contributed by atoms with E-state index in [-0.39, 0.29) is 34.2 Å². The molecule has 0 bridgehead atoms. The van der Waals surface area contributed by atoms with Crippen LogP contribution >= 0.6 is 0 Å². The largest absolute Gasteiger partial charge is 0.464 e. The third kappa shape index (κ3) is 5.14. The highest BCUT2D eigenvalue weighted by Crippen LogP contribution is 2.33. The molecule has 2 heterocycles. The predicted octanol–water partition coefficient (Wildman–Crippen LogP) is 4.13. The first-order chi connectivity index (χ1) is 19.0. The van der Waals surface area contributed by atoms with Crippen LogP contribution in [0.2, 0.25) is 0 Å². The molecule has 0 aliphatic rings. The highest BCUT2D eigenvalue weighted by molar-refractivity contribution is 5.90. The molecule has 202 valence electrons. The van der Waals surface area contributed by atoms with Gasteiger partial charge in [0.25, 0.3) is 5.56 Å². The Hall–Kier alpha value is -5.38. The third-order valence-corrected chi connectivity index (χ3v) is 5.80. The van der Waals surface area contributed by atoms with Gasteiger partial charge in [0.2, 0.25) is 5.69 Å². The molecule has 4 rings (SSSR count). The second-order valence-electron chi connectivity index (χ2n) is 8.21. The fraction of sp³-hybridized carbons (Fsp3) is 0.148. The Balaban J connectivity index is 2.10. The van der Waals surface area contributed by atoms with E-state index < -0.39 is 34.9 Å². The lowest BCUT2D eigenvalue weighted by atomic mass is 10.0. The fourth-order valence-electron chi connectivity index (χ4n) is 3.86. The summed E-state index contributed by atoms with van der Waals surface area (Å²) in [5, 5.41) is 9.15. The Morgan fingerprint density at radius 3 is 2.23 bits per heavy atom. The molecule has 0 unspecified atom stereocenters. The standard InChI is InChI=1S/C27H18F3N5O5/c1-14-20(22-21(16-9-7-15(12-31)8-10-16)32-13-19(33-22)25(37)39-2)34-23(26(38)40-3)24(36)35(14)18-6-4-5-17(11-18)27(28,29)30/h4-11,13H,1-3H3. The summed E-state index contributed by atoms with van der Waals surface area (Å²) in [4.78, 5) is 51.0. The average Bonchev–Trinajstić information content (AvgIpc) is 2.96. The van der Waals surface area contributed by atoms with E-state index in [9.17, 15) is 27.6 Å². The maximum atomic E-state index is 13.5. The van der Waals surface area contributed by atoms with Gasteiger partial charge in [0, 0.05) is 11.3 Å². The molecule has 2 aromatic carbocycles. The smallest absolute Gasteiger partial charge is 0.416 e. The molecule has 2 aromatic heterocycles. The van der Waals surface area contributed by atoms with Crippen molar-refractivity contribution in [2.75, 3.05) is 14.2 Å². The van der Waals surface area contributed by atoms with Gasteiger partial charge in [-0.05, 0) is 37.3 Å². The summed E-state index contributed by atoms with van der Waals surface area (Å²) in [5.74, 6) is -2.00. The van der Waals surface area contributed by atoms with E-state index in [1.807, 2.05) is 6.07 Å². The molecular weight excluding hydrogens is 531 g/mol. The summed E-state index contributed by atoms with van der Waals surface area (Å²) in [6.45, 7) is 1.39. The second-order valence-corrected chi connectivity index (χ2v) is 8.21. The number of aromatic nitrogens is 4. The van der Waals surface area contributed by atoms with Gasteiger partial charge in [-0.1, -0.05) is 18.2 Å². The first-order valence-electron chi connectivity index (χ1n) is 11.4. The zero-order valence-corrected chi connectivity index (χ0v) is 21.1. The number of carbonyl (C=O) groups excluding carboxylic acids is 2. The van der Waals surface area contributed by atoms with Crippen LogP contribution in [0.5, 0.6) is 0 Å². The number of rotatable bonds is 5. The minimum atomic E-state index is -4.71. The summed E-state index contributed by atoms with van der Waals surface area (Å²) in [5.41, 5.74) is -2.58. The third-order valence-electron chi connectivity index (χ3n) is 5.80. The van der Waals surface area contributed by atoms with Crippen molar-refractivity contribution in [1.82, 2.24) is 19.5 Å². The number of carbonyl (C=O) groups is 2. The Morgan fingerprint density at radius 2 is 1.62 bits per heavy atom. The summed E-state index contributed by atoms with van der Waals surface area (Å²) < 4.78 is 50.8. The quantitative estimate of drug-likeness (QED) is 0.337. The van der Waals surface area contributed by atoms with Crippen molar-refractivity contribution >= 4 is 11.9 Å². The summed E-state index contributed by atoms with van der Waals surface area (Å²) in [6, 6.07) is 12.1. The molecule has 0 radical (unpaired) electrons. The van der Waals surface area contributed by atoms with Crippen LogP contribution in [-0.4, -0.2) is 45.7 Å². The first kappa shape index (κ1) is 27.6. The summed E-state index contributed by atoms with van der Waals surface area (Å²) >= 11 is 0. The molecule has 0 atom stereocenters. The van der Waals surface area contributed by atoms with Gasteiger partial charge in [0.15, 0.2) is 5.69 Å². The first-order valence-corrected chi connectivity index (χ1v) is 11.4. The maximum absolute atomic E-state index is 13.5. The highest BCUT2D eigenvalue weighted by Gasteiger charge is 2.31.